The lowest BCUT2D eigenvalue weighted by atomic mass is 9.88. The molecule has 0 saturated heterocycles. The lowest BCUT2D eigenvalue weighted by molar-refractivity contribution is 0.134. The molecule has 5 rings (SSSR count). The van der Waals surface area contributed by atoms with E-state index in [0.717, 1.165) is 33.4 Å². The van der Waals surface area contributed by atoms with E-state index in [4.69, 9.17) is 14.2 Å². The molecule has 2 aliphatic rings. The first-order valence-corrected chi connectivity index (χ1v) is 11.4. The Morgan fingerprint density at radius 1 is 0.903 bits per heavy atom. The van der Waals surface area contributed by atoms with Gasteiger partial charge in [0.15, 0.2) is 11.5 Å². The summed E-state index contributed by atoms with van der Waals surface area (Å²) in [6.07, 6.45) is 0. The average Bonchev–Trinajstić information content (AvgIpc) is 3.26. The molecule has 0 saturated carbocycles. The molecule has 0 spiro atoms. The molecule has 7 heteroatoms. The number of rotatable bonds is 4. The zero-order chi connectivity index (χ0) is 21.8. The van der Waals surface area contributed by atoms with Crippen molar-refractivity contribution in [3.8, 4) is 22.6 Å². The van der Waals surface area contributed by atoms with Gasteiger partial charge in [-0.15, -0.1) is 0 Å². The number of hydrogen-bond donors (Lipinski definition) is 0. The van der Waals surface area contributed by atoms with Gasteiger partial charge in [-0.3, -0.25) is 4.31 Å². The van der Waals surface area contributed by atoms with Gasteiger partial charge in [0, 0.05) is 11.6 Å². The molecule has 0 bridgehead atoms. The van der Waals surface area contributed by atoms with Crippen molar-refractivity contribution in [2.45, 2.75) is 31.6 Å². The van der Waals surface area contributed by atoms with E-state index >= 15 is 0 Å². The quantitative estimate of drug-likeness (QED) is 0.605. The second-order valence-corrected chi connectivity index (χ2v) is 9.64. The standard InChI is InChI=1S/C24H23NO5S/c1-15-4-8-18(9-5-15)31(26,27)25-12-16-6-7-17-13-30-14-20(17)24(16)19-10-22(28-2)23(29-3)11-21(19)25/h4-11H,12-14H2,1-3H3. The number of benzene rings is 3. The molecule has 6 nitrogen and oxygen atoms in total. The van der Waals surface area contributed by atoms with Crippen LogP contribution < -0.4 is 13.8 Å². The van der Waals surface area contributed by atoms with E-state index in [9.17, 15) is 8.42 Å². The molecule has 0 unspecified atom stereocenters. The molecule has 0 N–H and O–H groups in total. The molecule has 31 heavy (non-hydrogen) atoms. The fourth-order valence-electron chi connectivity index (χ4n) is 4.34. The minimum Gasteiger partial charge on any atom is -0.493 e. The van der Waals surface area contributed by atoms with Crippen LogP contribution in [0.5, 0.6) is 11.5 Å². The van der Waals surface area contributed by atoms with E-state index in [0.29, 0.717) is 30.4 Å². The Hall–Kier alpha value is -3.03. The van der Waals surface area contributed by atoms with Crippen LogP contribution in [0.4, 0.5) is 5.69 Å². The molecule has 0 atom stereocenters. The third-order valence-corrected chi connectivity index (χ3v) is 7.74. The highest BCUT2D eigenvalue weighted by atomic mass is 32.2. The molecule has 0 fully saturated rings. The summed E-state index contributed by atoms with van der Waals surface area (Å²) in [5.74, 6) is 1.04. The number of hydrogen-bond acceptors (Lipinski definition) is 5. The molecule has 0 radical (unpaired) electrons. The van der Waals surface area contributed by atoms with Gasteiger partial charge < -0.3 is 14.2 Å². The van der Waals surface area contributed by atoms with Gasteiger partial charge in [-0.05, 0) is 47.4 Å². The maximum Gasteiger partial charge on any atom is 0.264 e. The van der Waals surface area contributed by atoms with Crippen molar-refractivity contribution in [2.24, 2.45) is 0 Å². The summed E-state index contributed by atoms with van der Waals surface area (Å²) < 4.78 is 45.5. The highest BCUT2D eigenvalue weighted by Gasteiger charge is 2.35. The Balaban J connectivity index is 1.76. The highest BCUT2D eigenvalue weighted by Crippen LogP contribution is 2.49. The Labute approximate surface area is 182 Å². The van der Waals surface area contributed by atoms with Crippen LogP contribution >= 0.6 is 0 Å². The van der Waals surface area contributed by atoms with Crippen molar-refractivity contribution in [1.82, 2.24) is 0 Å². The first-order chi connectivity index (χ1) is 14.9. The van der Waals surface area contributed by atoms with E-state index in [-0.39, 0.29) is 11.4 Å². The number of nitrogens with zero attached hydrogens (tertiary/aromatic N) is 1. The minimum absolute atomic E-state index is 0.237. The number of anilines is 1. The van der Waals surface area contributed by atoms with Crippen LogP contribution in [0.2, 0.25) is 0 Å². The summed E-state index contributed by atoms with van der Waals surface area (Å²) in [5.41, 5.74) is 6.60. The second-order valence-electron chi connectivity index (χ2n) is 7.78. The zero-order valence-corrected chi connectivity index (χ0v) is 18.5. The first-order valence-electron chi connectivity index (χ1n) is 10.0. The number of aryl methyl sites for hydroxylation is 1. The molecule has 3 aromatic rings. The Kier molecular flexibility index (Phi) is 4.68. The predicted octanol–water partition coefficient (Wildman–Crippen LogP) is 4.42. The number of sulfonamides is 1. The van der Waals surface area contributed by atoms with Gasteiger partial charge in [-0.25, -0.2) is 8.42 Å². The maximum atomic E-state index is 13.7. The molecule has 3 aromatic carbocycles. The summed E-state index contributed by atoms with van der Waals surface area (Å²) in [6.45, 7) is 3.25. The molecule has 0 amide bonds. The third-order valence-electron chi connectivity index (χ3n) is 5.96. The van der Waals surface area contributed by atoms with Crippen molar-refractivity contribution in [1.29, 1.82) is 0 Å². The van der Waals surface area contributed by atoms with Crippen LogP contribution in [0.3, 0.4) is 0 Å². The summed E-state index contributed by atoms with van der Waals surface area (Å²) in [5, 5.41) is 0. The molecule has 0 aromatic heterocycles. The molecule has 2 aliphatic heterocycles. The minimum atomic E-state index is -3.79. The lowest BCUT2D eigenvalue weighted by Gasteiger charge is -2.33. The van der Waals surface area contributed by atoms with Crippen LogP contribution in [-0.4, -0.2) is 22.6 Å². The van der Waals surface area contributed by atoms with E-state index in [1.807, 2.05) is 37.3 Å². The van der Waals surface area contributed by atoms with Gasteiger partial charge in [-0.2, -0.15) is 0 Å². The molecule has 2 heterocycles. The SMILES string of the molecule is COc1cc2c(cc1OC)N(S(=O)(=O)c1ccc(C)cc1)Cc1ccc3c(c1-2)COC3. The van der Waals surface area contributed by atoms with Gasteiger partial charge >= 0.3 is 0 Å². The third kappa shape index (κ3) is 3.07. The normalized spacial score (nSPS) is 14.6. The van der Waals surface area contributed by atoms with E-state index in [1.165, 1.54) is 4.31 Å². The summed E-state index contributed by atoms with van der Waals surface area (Å²) in [4.78, 5) is 0.256. The fourth-order valence-corrected chi connectivity index (χ4v) is 5.79. The van der Waals surface area contributed by atoms with Crippen molar-refractivity contribution in [3.63, 3.8) is 0 Å². The van der Waals surface area contributed by atoms with Crippen molar-refractivity contribution >= 4 is 15.7 Å². The van der Waals surface area contributed by atoms with Gasteiger partial charge in [-0.1, -0.05) is 29.8 Å². The number of methoxy groups -OCH3 is 2. The Morgan fingerprint density at radius 2 is 1.58 bits per heavy atom. The van der Waals surface area contributed by atoms with Crippen molar-refractivity contribution in [2.75, 3.05) is 18.5 Å². The Morgan fingerprint density at radius 3 is 2.29 bits per heavy atom. The van der Waals surface area contributed by atoms with Gasteiger partial charge in [0.1, 0.15) is 0 Å². The first kappa shape index (κ1) is 19.9. The molecule has 0 aliphatic carbocycles. The molecule has 160 valence electrons. The Bertz CT molecular complexity index is 1280. The van der Waals surface area contributed by atoms with Crippen LogP contribution in [0.15, 0.2) is 53.4 Å². The second kappa shape index (κ2) is 7.28. The van der Waals surface area contributed by atoms with Crippen molar-refractivity contribution in [3.05, 3.63) is 70.8 Å². The van der Waals surface area contributed by atoms with Gasteiger partial charge in [0.05, 0.1) is 44.6 Å². The molecular weight excluding hydrogens is 414 g/mol. The van der Waals surface area contributed by atoms with Crippen LogP contribution in [-0.2, 0) is 34.5 Å². The molecular formula is C24H23NO5S. The largest absolute Gasteiger partial charge is 0.493 e. The van der Waals surface area contributed by atoms with E-state index in [1.54, 1.807) is 32.4 Å². The van der Waals surface area contributed by atoms with E-state index in [2.05, 4.69) is 0 Å². The predicted molar refractivity (Wildman–Crippen MR) is 118 cm³/mol. The van der Waals surface area contributed by atoms with E-state index < -0.39 is 10.0 Å². The lowest BCUT2D eigenvalue weighted by Crippen LogP contribution is -2.33. The van der Waals surface area contributed by atoms with Crippen molar-refractivity contribution < 1.29 is 22.6 Å². The number of ether oxygens (including phenoxy) is 3. The van der Waals surface area contributed by atoms with Gasteiger partial charge in [0.2, 0.25) is 0 Å². The summed E-state index contributed by atoms with van der Waals surface area (Å²) in [6, 6.07) is 14.6. The van der Waals surface area contributed by atoms with Crippen LogP contribution in [0.25, 0.3) is 11.1 Å². The fraction of sp³-hybridized carbons (Fsp3) is 0.250. The summed E-state index contributed by atoms with van der Waals surface area (Å²) in [7, 11) is -0.664. The highest BCUT2D eigenvalue weighted by molar-refractivity contribution is 7.92. The monoisotopic (exact) mass is 437 g/mol. The van der Waals surface area contributed by atoms with Crippen LogP contribution in [0, 0.1) is 6.92 Å². The van der Waals surface area contributed by atoms with Gasteiger partial charge in [0.25, 0.3) is 10.0 Å². The smallest absolute Gasteiger partial charge is 0.264 e. The maximum absolute atomic E-state index is 13.7. The number of fused-ring (bicyclic) bond motifs is 5. The topological polar surface area (TPSA) is 65.1 Å². The average molecular weight is 438 g/mol. The summed E-state index contributed by atoms with van der Waals surface area (Å²) >= 11 is 0. The van der Waals surface area contributed by atoms with Crippen LogP contribution in [0.1, 0.15) is 22.3 Å². The zero-order valence-electron chi connectivity index (χ0n) is 17.6.